The molecule has 7 nitrogen and oxygen atoms in total. The maximum absolute atomic E-state index is 5.47. The fourth-order valence-corrected chi connectivity index (χ4v) is 2.95. The molecule has 0 aliphatic rings. The molecule has 0 unspecified atom stereocenters. The minimum atomic E-state index is 0.541. The molecule has 0 radical (unpaired) electrons. The van der Waals surface area contributed by atoms with Gasteiger partial charge in [0, 0.05) is 24.0 Å². The van der Waals surface area contributed by atoms with Gasteiger partial charge in [-0.1, -0.05) is 12.1 Å². The SMILES string of the molecule is COc1cc(-c2nc(NCCN(C)C)c3ccccc3n2)cc(OC)c1OC. The van der Waals surface area contributed by atoms with Crippen LogP contribution in [0, 0.1) is 0 Å². The molecule has 2 aromatic carbocycles. The zero-order valence-electron chi connectivity index (χ0n) is 16.9. The van der Waals surface area contributed by atoms with Crippen molar-refractivity contribution in [1.29, 1.82) is 0 Å². The van der Waals surface area contributed by atoms with Crippen molar-refractivity contribution in [2.24, 2.45) is 0 Å². The Morgan fingerprint density at radius 3 is 2.21 bits per heavy atom. The van der Waals surface area contributed by atoms with Crippen molar-refractivity contribution in [3.05, 3.63) is 36.4 Å². The van der Waals surface area contributed by atoms with Crippen LogP contribution in [0.2, 0.25) is 0 Å². The predicted molar refractivity (Wildman–Crippen MR) is 112 cm³/mol. The molecule has 0 spiro atoms. The third-order valence-corrected chi connectivity index (χ3v) is 4.38. The smallest absolute Gasteiger partial charge is 0.203 e. The van der Waals surface area contributed by atoms with Crippen LogP contribution in [0.15, 0.2) is 36.4 Å². The lowest BCUT2D eigenvalue weighted by Gasteiger charge is -2.15. The van der Waals surface area contributed by atoms with E-state index in [1.807, 2.05) is 50.5 Å². The molecule has 0 saturated heterocycles. The summed E-state index contributed by atoms with van der Waals surface area (Å²) in [5.74, 6) is 3.06. The van der Waals surface area contributed by atoms with Crippen LogP contribution < -0.4 is 19.5 Å². The molecule has 0 aliphatic carbocycles. The van der Waals surface area contributed by atoms with Crippen LogP contribution in [0.5, 0.6) is 17.2 Å². The van der Waals surface area contributed by atoms with Gasteiger partial charge in [-0.25, -0.2) is 9.97 Å². The van der Waals surface area contributed by atoms with Crippen LogP contribution in [-0.4, -0.2) is 63.4 Å². The van der Waals surface area contributed by atoms with Crippen LogP contribution in [0.3, 0.4) is 0 Å². The zero-order valence-corrected chi connectivity index (χ0v) is 16.9. The van der Waals surface area contributed by atoms with Crippen molar-refractivity contribution in [3.63, 3.8) is 0 Å². The molecule has 0 saturated carbocycles. The van der Waals surface area contributed by atoms with Gasteiger partial charge >= 0.3 is 0 Å². The number of methoxy groups -OCH3 is 3. The number of aromatic nitrogens is 2. The van der Waals surface area contributed by atoms with E-state index in [9.17, 15) is 0 Å². The lowest BCUT2D eigenvalue weighted by Crippen LogP contribution is -2.21. The number of hydrogen-bond acceptors (Lipinski definition) is 7. The fourth-order valence-electron chi connectivity index (χ4n) is 2.95. The summed E-state index contributed by atoms with van der Waals surface area (Å²) in [5.41, 5.74) is 1.66. The number of anilines is 1. The molecule has 3 aromatic rings. The number of rotatable bonds is 8. The first-order valence-electron chi connectivity index (χ1n) is 9.03. The molecule has 28 heavy (non-hydrogen) atoms. The summed E-state index contributed by atoms with van der Waals surface area (Å²) in [6.07, 6.45) is 0. The van der Waals surface area contributed by atoms with E-state index in [2.05, 4.69) is 10.2 Å². The molecule has 148 valence electrons. The van der Waals surface area contributed by atoms with Crippen LogP contribution in [0.4, 0.5) is 5.82 Å². The van der Waals surface area contributed by atoms with Gasteiger partial charge < -0.3 is 24.4 Å². The molecule has 0 fully saturated rings. The zero-order chi connectivity index (χ0) is 20.1. The molecule has 1 aromatic heterocycles. The van der Waals surface area contributed by atoms with Crippen molar-refractivity contribution < 1.29 is 14.2 Å². The highest BCUT2D eigenvalue weighted by Gasteiger charge is 2.17. The first-order valence-corrected chi connectivity index (χ1v) is 9.03. The fraction of sp³-hybridized carbons (Fsp3) is 0.333. The normalized spacial score (nSPS) is 10.9. The maximum Gasteiger partial charge on any atom is 0.203 e. The average Bonchev–Trinajstić information content (AvgIpc) is 2.72. The standard InChI is InChI=1S/C21H26N4O3/c1-25(2)11-10-22-21-15-8-6-7-9-16(15)23-20(24-21)14-12-17(26-3)19(28-5)18(13-14)27-4/h6-9,12-13H,10-11H2,1-5H3,(H,22,23,24). The van der Waals surface area contributed by atoms with E-state index in [0.717, 1.165) is 35.4 Å². The van der Waals surface area contributed by atoms with Gasteiger partial charge in [0.05, 0.1) is 26.8 Å². The molecule has 0 bridgehead atoms. The largest absolute Gasteiger partial charge is 0.493 e. The number of para-hydroxylation sites is 1. The highest BCUT2D eigenvalue weighted by molar-refractivity contribution is 5.90. The quantitative estimate of drug-likeness (QED) is 0.641. The van der Waals surface area contributed by atoms with E-state index < -0.39 is 0 Å². The van der Waals surface area contributed by atoms with E-state index in [-0.39, 0.29) is 0 Å². The van der Waals surface area contributed by atoms with Crippen molar-refractivity contribution in [2.45, 2.75) is 0 Å². The molecular formula is C21H26N4O3. The number of benzene rings is 2. The van der Waals surface area contributed by atoms with E-state index >= 15 is 0 Å². The Morgan fingerprint density at radius 2 is 1.61 bits per heavy atom. The number of ether oxygens (including phenoxy) is 3. The first kappa shape index (κ1) is 19.7. The van der Waals surface area contributed by atoms with Crippen LogP contribution in [0.1, 0.15) is 0 Å². The van der Waals surface area contributed by atoms with E-state index in [1.54, 1.807) is 21.3 Å². The van der Waals surface area contributed by atoms with E-state index in [1.165, 1.54) is 0 Å². The number of nitrogens with one attached hydrogen (secondary N) is 1. The Labute approximate surface area is 165 Å². The van der Waals surface area contributed by atoms with Gasteiger partial charge in [-0.05, 0) is 38.4 Å². The second-order valence-electron chi connectivity index (χ2n) is 6.56. The second kappa shape index (κ2) is 8.75. The maximum atomic E-state index is 5.47. The Balaban J connectivity index is 2.10. The molecular weight excluding hydrogens is 356 g/mol. The first-order chi connectivity index (χ1) is 13.6. The number of hydrogen-bond donors (Lipinski definition) is 1. The third-order valence-electron chi connectivity index (χ3n) is 4.38. The van der Waals surface area contributed by atoms with Gasteiger partial charge in [0.1, 0.15) is 5.82 Å². The summed E-state index contributed by atoms with van der Waals surface area (Å²) in [6, 6.07) is 11.7. The molecule has 0 aliphatic heterocycles. The topological polar surface area (TPSA) is 68.7 Å². The Kier molecular flexibility index (Phi) is 6.16. The molecule has 1 heterocycles. The van der Waals surface area contributed by atoms with Gasteiger partial charge in [0.2, 0.25) is 5.75 Å². The number of nitrogens with zero attached hydrogens (tertiary/aromatic N) is 3. The van der Waals surface area contributed by atoms with Gasteiger partial charge in [0.25, 0.3) is 0 Å². The summed E-state index contributed by atoms with van der Waals surface area (Å²) in [5, 5.41) is 4.41. The second-order valence-corrected chi connectivity index (χ2v) is 6.56. The lowest BCUT2D eigenvalue weighted by molar-refractivity contribution is 0.324. The monoisotopic (exact) mass is 382 g/mol. The van der Waals surface area contributed by atoms with Gasteiger partial charge in [-0.2, -0.15) is 0 Å². The van der Waals surface area contributed by atoms with Gasteiger partial charge in [-0.15, -0.1) is 0 Å². The minimum Gasteiger partial charge on any atom is -0.493 e. The number of fused-ring (bicyclic) bond motifs is 1. The minimum absolute atomic E-state index is 0.541. The highest BCUT2D eigenvalue weighted by Crippen LogP contribution is 2.41. The molecule has 0 amide bonds. The summed E-state index contributed by atoms with van der Waals surface area (Å²) in [7, 11) is 8.86. The summed E-state index contributed by atoms with van der Waals surface area (Å²) >= 11 is 0. The van der Waals surface area contributed by atoms with Crippen molar-refractivity contribution in [1.82, 2.24) is 14.9 Å². The van der Waals surface area contributed by atoms with Crippen molar-refractivity contribution >= 4 is 16.7 Å². The molecule has 7 heteroatoms. The van der Waals surface area contributed by atoms with Crippen LogP contribution in [-0.2, 0) is 0 Å². The number of likely N-dealkylation sites (N-methyl/N-ethyl adjacent to an activating group) is 1. The van der Waals surface area contributed by atoms with E-state index in [4.69, 9.17) is 24.2 Å². The molecule has 1 N–H and O–H groups in total. The Hall–Kier alpha value is -3.06. The predicted octanol–water partition coefficient (Wildman–Crippen LogP) is 3.30. The molecule has 3 rings (SSSR count). The van der Waals surface area contributed by atoms with Crippen LogP contribution >= 0.6 is 0 Å². The summed E-state index contributed by atoms with van der Waals surface area (Å²) in [6.45, 7) is 1.68. The lowest BCUT2D eigenvalue weighted by atomic mass is 10.1. The van der Waals surface area contributed by atoms with Gasteiger partial charge in [-0.3, -0.25) is 0 Å². The van der Waals surface area contributed by atoms with Crippen LogP contribution in [0.25, 0.3) is 22.3 Å². The Morgan fingerprint density at radius 1 is 0.929 bits per heavy atom. The molecule has 0 atom stereocenters. The summed E-state index contributed by atoms with van der Waals surface area (Å²) < 4.78 is 16.3. The van der Waals surface area contributed by atoms with Gasteiger partial charge in [0.15, 0.2) is 17.3 Å². The average molecular weight is 382 g/mol. The third kappa shape index (κ3) is 4.09. The Bertz CT molecular complexity index is 935. The highest BCUT2D eigenvalue weighted by atomic mass is 16.5. The van der Waals surface area contributed by atoms with E-state index in [0.29, 0.717) is 23.1 Å². The van der Waals surface area contributed by atoms with Crippen molar-refractivity contribution in [2.75, 3.05) is 53.8 Å². The van der Waals surface area contributed by atoms with Crippen molar-refractivity contribution in [3.8, 4) is 28.6 Å². The summed E-state index contributed by atoms with van der Waals surface area (Å²) in [4.78, 5) is 11.6.